The molecule has 2 aromatic heterocycles. The third-order valence-electron chi connectivity index (χ3n) is 3.69. The van der Waals surface area contributed by atoms with Crippen LogP contribution < -0.4 is 5.32 Å². The maximum atomic E-state index is 8.96. The standard InChI is InChI=1S/C18H17N5/c1-2-14(9-10-19)21-18-15-7-3-4-8-16(15)22-17(23-18)13-6-5-11-20-12-13/h3-8,11-12,14H,2,9H2,1H3,(H,21,22,23). The number of hydrogen-bond donors (Lipinski definition) is 1. The second kappa shape index (κ2) is 6.84. The van der Waals surface area contributed by atoms with Crippen molar-refractivity contribution in [3.63, 3.8) is 0 Å². The predicted molar refractivity (Wildman–Crippen MR) is 90.7 cm³/mol. The predicted octanol–water partition coefficient (Wildman–Crippen LogP) is 3.80. The van der Waals surface area contributed by atoms with Gasteiger partial charge in [0.15, 0.2) is 5.82 Å². The first-order valence-electron chi connectivity index (χ1n) is 7.62. The summed E-state index contributed by atoms with van der Waals surface area (Å²) in [7, 11) is 0. The Morgan fingerprint density at radius 1 is 1.17 bits per heavy atom. The van der Waals surface area contributed by atoms with Crippen molar-refractivity contribution in [2.24, 2.45) is 0 Å². The van der Waals surface area contributed by atoms with E-state index in [1.807, 2.05) is 36.4 Å². The Labute approximate surface area is 135 Å². The lowest BCUT2D eigenvalue weighted by molar-refractivity contribution is 0.708. The minimum Gasteiger partial charge on any atom is -0.366 e. The number of fused-ring (bicyclic) bond motifs is 1. The molecule has 1 atom stereocenters. The summed E-state index contributed by atoms with van der Waals surface area (Å²) < 4.78 is 0. The van der Waals surface area contributed by atoms with Gasteiger partial charge in [0.2, 0.25) is 0 Å². The summed E-state index contributed by atoms with van der Waals surface area (Å²) in [5, 5.41) is 13.3. The Morgan fingerprint density at radius 3 is 2.78 bits per heavy atom. The normalized spacial score (nSPS) is 11.8. The quantitative estimate of drug-likeness (QED) is 0.776. The molecule has 0 saturated heterocycles. The van der Waals surface area contributed by atoms with Gasteiger partial charge in [-0.3, -0.25) is 4.98 Å². The monoisotopic (exact) mass is 303 g/mol. The van der Waals surface area contributed by atoms with Crippen LogP contribution >= 0.6 is 0 Å². The summed E-state index contributed by atoms with van der Waals surface area (Å²) in [6.07, 6.45) is 4.77. The number of nitriles is 1. The van der Waals surface area contributed by atoms with Crippen LogP contribution in [0.1, 0.15) is 19.8 Å². The van der Waals surface area contributed by atoms with Gasteiger partial charge in [-0.05, 0) is 30.7 Å². The fourth-order valence-corrected chi connectivity index (χ4v) is 2.41. The fraction of sp³-hybridized carbons (Fsp3) is 0.222. The van der Waals surface area contributed by atoms with E-state index >= 15 is 0 Å². The van der Waals surface area contributed by atoms with Gasteiger partial charge in [0, 0.05) is 29.4 Å². The summed E-state index contributed by atoms with van der Waals surface area (Å²) in [5.74, 6) is 1.39. The van der Waals surface area contributed by atoms with Crippen LogP contribution in [0.5, 0.6) is 0 Å². The third-order valence-corrected chi connectivity index (χ3v) is 3.69. The number of anilines is 1. The van der Waals surface area contributed by atoms with Crippen LogP contribution in [0, 0.1) is 11.3 Å². The number of rotatable bonds is 5. The van der Waals surface area contributed by atoms with Crippen molar-refractivity contribution in [3.8, 4) is 17.5 Å². The van der Waals surface area contributed by atoms with Gasteiger partial charge in [-0.2, -0.15) is 5.26 Å². The van der Waals surface area contributed by atoms with Crippen molar-refractivity contribution < 1.29 is 0 Å². The van der Waals surface area contributed by atoms with Gasteiger partial charge >= 0.3 is 0 Å². The molecule has 0 aliphatic heterocycles. The van der Waals surface area contributed by atoms with Crippen LogP contribution in [0.2, 0.25) is 0 Å². The van der Waals surface area contributed by atoms with E-state index in [1.165, 1.54) is 0 Å². The molecular weight excluding hydrogens is 286 g/mol. The van der Waals surface area contributed by atoms with E-state index in [0.29, 0.717) is 12.2 Å². The van der Waals surface area contributed by atoms with Crippen molar-refractivity contribution in [1.29, 1.82) is 5.26 Å². The molecule has 5 nitrogen and oxygen atoms in total. The molecule has 0 fully saturated rings. The molecule has 1 unspecified atom stereocenters. The van der Waals surface area contributed by atoms with Crippen LogP contribution in [-0.4, -0.2) is 21.0 Å². The molecular formula is C18H17N5. The number of hydrogen-bond acceptors (Lipinski definition) is 5. The van der Waals surface area contributed by atoms with Crippen LogP contribution in [-0.2, 0) is 0 Å². The van der Waals surface area contributed by atoms with E-state index in [-0.39, 0.29) is 6.04 Å². The van der Waals surface area contributed by atoms with Gasteiger partial charge in [-0.15, -0.1) is 0 Å². The van der Waals surface area contributed by atoms with Crippen molar-refractivity contribution in [2.75, 3.05) is 5.32 Å². The second-order valence-corrected chi connectivity index (χ2v) is 5.27. The molecule has 3 rings (SSSR count). The Kier molecular flexibility index (Phi) is 4.44. The van der Waals surface area contributed by atoms with E-state index in [4.69, 9.17) is 5.26 Å². The SMILES string of the molecule is CCC(CC#N)Nc1nc(-c2cccnc2)nc2ccccc12. The highest BCUT2D eigenvalue weighted by atomic mass is 15.1. The first kappa shape index (κ1) is 14.9. The number of benzene rings is 1. The molecule has 0 aliphatic carbocycles. The molecule has 5 heteroatoms. The Hall–Kier alpha value is -3.00. The molecule has 1 aromatic carbocycles. The molecule has 23 heavy (non-hydrogen) atoms. The second-order valence-electron chi connectivity index (χ2n) is 5.27. The molecule has 0 radical (unpaired) electrons. The minimum atomic E-state index is 0.0695. The largest absolute Gasteiger partial charge is 0.366 e. The summed E-state index contributed by atoms with van der Waals surface area (Å²) in [5.41, 5.74) is 1.74. The molecule has 3 aromatic rings. The number of para-hydroxylation sites is 1. The first-order chi connectivity index (χ1) is 11.3. The van der Waals surface area contributed by atoms with E-state index in [9.17, 15) is 0 Å². The summed E-state index contributed by atoms with van der Waals surface area (Å²) in [6.45, 7) is 2.06. The number of nitrogens with one attached hydrogen (secondary N) is 1. The summed E-state index contributed by atoms with van der Waals surface area (Å²) in [6, 6.07) is 14.0. The molecule has 0 saturated carbocycles. The lowest BCUT2D eigenvalue weighted by atomic mass is 10.1. The van der Waals surface area contributed by atoms with Crippen LogP contribution in [0.15, 0.2) is 48.8 Å². The topological polar surface area (TPSA) is 74.5 Å². The van der Waals surface area contributed by atoms with Crippen molar-refractivity contribution in [1.82, 2.24) is 15.0 Å². The molecule has 0 spiro atoms. The van der Waals surface area contributed by atoms with Gasteiger partial charge in [-0.1, -0.05) is 19.1 Å². The summed E-state index contributed by atoms with van der Waals surface area (Å²) in [4.78, 5) is 13.4. The Balaban J connectivity index is 2.09. The van der Waals surface area contributed by atoms with Gasteiger partial charge in [0.1, 0.15) is 5.82 Å². The zero-order valence-electron chi connectivity index (χ0n) is 12.9. The van der Waals surface area contributed by atoms with Crippen molar-refractivity contribution >= 4 is 16.7 Å². The van der Waals surface area contributed by atoms with Gasteiger partial charge in [-0.25, -0.2) is 9.97 Å². The maximum absolute atomic E-state index is 8.96. The first-order valence-corrected chi connectivity index (χ1v) is 7.62. The third kappa shape index (κ3) is 3.27. The fourth-order valence-electron chi connectivity index (χ4n) is 2.41. The molecule has 1 N–H and O–H groups in total. The average molecular weight is 303 g/mol. The van der Waals surface area contributed by atoms with Crippen LogP contribution in [0.3, 0.4) is 0 Å². The Morgan fingerprint density at radius 2 is 2.04 bits per heavy atom. The molecule has 0 amide bonds. The summed E-state index contributed by atoms with van der Waals surface area (Å²) >= 11 is 0. The number of aromatic nitrogens is 3. The van der Waals surface area contributed by atoms with Crippen LogP contribution in [0.4, 0.5) is 5.82 Å². The zero-order chi connectivity index (χ0) is 16.1. The van der Waals surface area contributed by atoms with E-state index in [1.54, 1.807) is 12.4 Å². The lowest BCUT2D eigenvalue weighted by Crippen LogP contribution is -2.19. The highest BCUT2D eigenvalue weighted by molar-refractivity contribution is 5.90. The van der Waals surface area contributed by atoms with Crippen molar-refractivity contribution in [3.05, 3.63) is 48.8 Å². The number of nitrogens with zero attached hydrogens (tertiary/aromatic N) is 4. The van der Waals surface area contributed by atoms with Gasteiger partial charge in [0.05, 0.1) is 18.0 Å². The molecule has 0 aliphatic rings. The molecule has 114 valence electrons. The van der Waals surface area contributed by atoms with E-state index in [2.05, 4.69) is 33.3 Å². The highest BCUT2D eigenvalue weighted by Gasteiger charge is 2.12. The van der Waals surface area contributed by atoms with Crippen molar-refractivity contribution in [2.45, 2.75) is 25.8 Å². The van der Waals surface area contributed by atoms with Gasteiger partial charge in [0.25, 0.3) is 0 Å². The van der Waals surface area contributed by atoms with Gasteiger partial charge < -0.3 is 5.32 Å². The number of pyridine rings is 1. The molecule has 2 heterocycles. The van der Waals surface area contributed by atoms with E-state index < -0.39 is 0 Å². The Bertz CT molecular complexity index is 839. The average Bonchev–Trinajstić information content (AvgIpc) is 2.62. The highest BCUT2D eigenvalue weighted by Crippen LogP contribution is 2.25. The van der Waals surface area contributed by atoms with Crippen LogP contribution in [0.25, 0.3) is 22.3 Å². The maximum Gasteiger partial charge on any atom is 0.163 e. The lowest BCUT2D eigenvalue weighted by Gasteiger charge is -2.16. The smallest absolute Gasteiger partial charge is 0.163 e. The zero-order valence-corrected chi connectivity index (χ0v) is 12.9. The molecule has 0 bridgehead atoms. The van der Waals surface area contributed by atoms with E-state index in [0.717, 1.165) is 28.7 Å². The minimum absolute atomic E-state index is 0.0695.